The van der Waals surface area contributed by atoms with E-state index in [1.165, 1.54) is 11.3 Å². The average molecular weight is 495 g/mol. The van der Waals surface area contributed by atoms with Crippen molar-refractivity contribution in [3.63, 3.8) is 0 Å². The van der Waals surface area contributed by atoms with Crippen LogP contribution in [-0.4, -0.2) is 80.7 Å². The van der Waals surface area contributed by atoms with E-state index in [4.69, 9.17) is 9.72 Å². The minimum Gasteiger partial charge on any atom is -0.370 e. The largest absolute Gasteiger partial charge is 0.370 e. The topological polar surface area (TPSA) is 80.5 Å². The number of piperazine rings is 1. The summed E-state index contributed by atoms with van der Waals surface area (Å²) in [5.41, 5.74) is 6.00. The van der Waals surface area contributed by atoms with E-state index in [9.17, 15) is 5.26 Å². The van der Waals surface area contributed by atoms with E-state index >= 15 is 0 Å². The fraction of sp³-hybridized carbons (Fsp3) is 0.464. The third kappa shape index (κ3) is 4.77. The van der Waals surface area contributed by atoms with Gasteiger partial charge < -0.3 is 19.9 Å². The molecule has 2 saturated heterocycles. The van der Waals surface area contributed by atoms with Gasteiger partial charge in [0, 0.05) is 69.5 Å². The quantitative estimate of drug-likeness (QED) is 0.544. The Bertz CT molecular complexity index is 1350. The second-order valence-corrected chi connectivity index (χ2v) is 10.7. The number of hydrogen-bond acceptors (Lipinski definition) is 8. The lowest BCUT2D eigenvalue weighted by molar-refractivity contribution is -0.0327. The van der Waals surface area contributed by atoms with Crippen LogP contribution in [0.1, 0.15) is 36.7 Å². The summed E-state index contributed by atoms with van der Waals surface area (Å²) in [7, 11) is 1.97. The molecule has 9 heteroatoms. The normalized spacial score (nSPS) is 24.3. The fourth-order valence-corrected chi connectivity index (χ4v) is 6.03. The minimum absolute atomic E-state index is 0.130. The zero-order chi connectivity index (χ0) is 25.5. The highest BCUT2D eigenvalue weighted by Gasteiger charge is 2.30. The van der Waals surface area contributed by atoms with Gasteiger partial charge in [-0.25, -0.2) is 4.98 Å². The van der Waals surface area contributed by atoms with Crippen LogP contribution < -0.4 is 20.7 Å². The second-order valence-electron chi connectivity index (χ2n) is 10.7. The van der Waals surface area contributed by atoms with Gasteiger partial charge in [0.05, 0.1) is 29.0 Å². The van der Waals surface area contributed by atoms with Gasteiger partial charge in [-0.3, -0.25) is 9.88 Å². The molecule has 3 aliphatic heterocycles. The smallest absolute Gasteiger partial charge is 0.163 e. The van der Waals surface area contributed by atoms with E-state index in [0.29, 0.717) is 11.6 Å². The molecule has 0 aliphatic carbocycles. The molecule has 3 aliphatic rings. The molecule has 0 spiro atoms. The van der Waals surface area contributed by atoms with Gasteiger partial charge in [-0.15, -0.1) is 0 Å². The van der Waals surface area contributed by atoms with Crippen LogP contribution in [-0.2, 0) is 11.3 Å². The number of pyridine rings is 2. The number of nitrogens with zero attached hydrogens (tertiary/aromatic N) is 6. The highest BCUT2D eigenvalue weighted by molar-refractivity contribution is 6.31. The molecule has 0 radical (unpaired) electrons. The van der Waals surface area contributed by atoms with E-state index in [1.807, 2.05) is 20.0 Å². The molecule has 3 atom stereocenters. The molecule has 6 rings (SSSR count). The van der Waals surface area contributed by atoms with Crippen molar-refractivity contribution in [3.8, 4) is 6.07 Å². The Morgan fingerprint density at radius 3 is 2.68 bits per heavy atom. The molecule has 0 amide bonds. The van der Waals surface area contributed by atoms with Crippen molar-refractivity contribution in [2.75, 3.05) is 55.6 Å². The number of benzene rings is 1. The van der Waals surface area contributed by atoms with Gasteiger partial charge in [0.2, 0.25) is 0 Å². The molecule has 190 valence electrons. The summed E-state index contributed by atoms with van der Waals surface area (Å²) in [5, 5.41) is 14.1. The van der Waals surface area contributed by atoms with Gasteiger partial charge >= 0.3 is 0 Å². The summed E-state index contributed by atoms with van der Waals surface area (Å²) in [6.45, 7) is 11.8. The van der Waals surface area contributed by atoms with Crippen LogP contribution in [0.4, 0.5) is 11.5 Å². The number of nitrogens with one attached hydrogen (secondary N) is 1. The molecule has 1 aromatic carbocycles. The standard InChI is InChI=1S/C28H34BN7O/c1-18-15-36(25-6-3-20(13-30)28-23(25)4-7-26(29)33-28)17-21(37-18)16-34-9-11-35(12-10-34)27-8-5-22-19(2)31-14-24(22)32-27/h3-8,18-19,21,31H,9-12,14-17,29H2,1-2H3/t18-,19-,21+/m1/s1. The highest BCUT2D eigenvalue weighted by Crippen LogP contribution is 2.30. The first-order valence-corrected chi connectivity index (χ1v) is 13.4. The summed E-state index contributed by atoms with van der Waals surface area (Å²) < 4.78 is 6.40. The van der Waals surface area contributed by atoms with Crippen LogP contribution in [0.2, 0.25) is 0 Å². The van der Waals surface area contributed by atoms with Gasteiger partial charge in [0.25, 0.3) is 0 Å². The Hall–Kier alpha value is -3.19. The Labute approximate surface area is 219 Å². The van der Waals surface area contributed by atoms with Crippen molar-refractivity contribution in [1.29, 1.82) is 5.26 Å². The van der Waals surface area contributed by atoms with E-state index < -0.39 is 0 Å². The van der Waals surface area contributed by atoms with Gasteiger partial charge in [0.1, 0.15) is 11.9 Å². The van der Waals surface area contributed by atoms with Crippen molar-refractivity contribution in [2.45, 2.75) is 38.6 Å². The number of rotatable bonds is 4. The highest BCUT2D eigenvalue weighted by atomic mass is 16.5. The number of fused-ring (bicyclic) bond motifs is 2. The molecule has 1 N–H and O–H groups in total. The zero-order valence-corrected chi connectivity index (χ0v) is 21.9. The third-order valence-electron chi connectivity index (χ3n) is 7.96. The molecular formula is C28H34BN7O. The van der Waals surface area contributed by atoms with Crippen molar-refractivity contribution < 1.29 is 4.74 Å². The monoisotopic (exact) mass is 495 g/mol. The Balaban J connectivity index is 1.12. The second kappa shape index (κ2) is 9.94. The summed E-state index contributed by atoms with van der Waals surface area (Å²) in [5.74, 6) is 1.10. The average Bonchev–Trinajstić information content (AvgIpc) is 3.28. The van der Waals surface area contributed by atoms with Crippen LogP contribution in [0.15, 0.2) is 36.4 Å². The summed E-state index contributed by atoms with van der Waals surface area (Å²) in [6.07, 6.45) is 0.265. The Kier molecular flexibility index (Phi) is 6.49. The van der Waals surface area contributed by atoms with E-state index in [-0.39, 0.29) is 12.2 Å². The van der Waals surface area contributed by atoms with Gasteiger partial charge in [-0.2, -0.15) is 5.26 Å². The number of hydrogen-bond donors (Lipinski definition) is 1. The van der Waals surface area contributed by atoms with Gasteiger partial charge in [-0.05, 0) is 49.3 Å². The van der Waals surface area contributed by atoms with E-state index in [1.54, 1.807) is 0 Å². The Morgan fingerprint density at radius 2 is 1.86 bits per heavy atom. The lowest BCUT2D eigenvalue weighted by atomic mass is 10.00. The van der Waals surface area contributed by atoms with Crippen molar-refractivity contribution >= 4 is 35.8 Å². The maximum atomic E-state index is 9.60. The lowest BCUT2D eigenvalue weighted by Gasteiger charge is -2.42. The molecule has 2 fully saturated rings. The van der Waals surface area contributed by atoms with Crippen LogP contribution >= 0.6 is 0 Å². The molecule has 3 aromatic rings. The predicted molar refractivity (Wildman–Crippen MR) is 149 cm³/mol. The van der Waals surface area contributed by atoms with Gasteiger partial charge in [0.15, 0.2) is 7.85 Å². The number of aromatic nitrogens is 2. The number of anilines is 2. The maximum Gasteiger partial charge on any atom is 0.163 e. The van der Waals surface area contributed by atoms with Crippen molar-refractivity contribution in [1.82, 2.24) is 20.2 Å². The maximum absolute atomic E-state index is 9.60. The molecule has 0 unspecified atom stereocenters. The summed E-state index contributed by atoms with van der Waals surface area (Å²) in [4.78, 5) is 17.0. The van der Waals surface area contributed by atoms with Crippen LogP contribution in [0.25, 0.3) is 10.9 Å². The van der Waals surface area contributed by atoms with E-state index in [2.05, 4.69) is 69.2 Å². The van der Waals surface area contributed by atoms with Crippen molar-refractivity contribution in [3.05, 3.63) is 53.2 Å². The molecule has 5 heterocycles. The number of morpholine rings is 1. The molecule has 0 bridgehead atoms. The number of nitriles is 1. The molecule has 0 saturated carbocycles. The summed E-state index contributed by atoms with van der Waals surface area (Å²) >= 11 is 0. The fourth-order valence-electron chi connectivity index (χ4n) is 6.03. The lowest BCUT2D eigenvalue weighted by Crippen LogP contribution is -2.54. The zero-order valence-electron chi connectivity index (χ0n) is 21.9. The third-order valence-corrected chi connectivity index (χ3v) is 7.96. The van der Waals surface area contributed by atoms with Crippen LogP contribution in [0.3, 0.4) is 0 Å². The van der Waals surface area contributed by atoms with Crippen LogP contribution in [0, 0.1) is 11.3 Å². The molecule has 37 heavy (non-hydrogen) atoms. The number of ether oxygens (including phenoxy) is 1. The molecule has 8 nitrogen and oxygen atoms in total. The SMILES string of the molecule is Bc1ccc2c(N3C[C@H](CN4CCN(c5ccc6c(n5)CN[C@@H]6C)CC4)O[C@H](C)C3)ccc(C#N)c2n1. The Morgan fingerprint density at radius 1 is 1.03 bits per heavy atom. The summed E-state index contributed by atoms with van der Waals surface area (Å²) in [6, 6.07) is 15.2. The minimum atomic E-state index is 0.130. The van der Waals surface area contributed by atoms with E-state index in [0.717, 1.165) is 80.4 Å². The first-order valence-electron chi connectivity index (χ1n) is 13.4. The predicted octanol–water partition coefficient (Wildman–Crippen LogP) is 1.34. The first kappa shape index (κ1) is 24.2. The molecular weight excluding hydrogens is 461 g/mol. The van der Waals surface area contributed by atoms with Gasteiger partial charge in [-0.1, -0.05) is 12.1 Å². The van der Waals surface area contributed by atoms with Crippen molar-refractivity contribution in [2.24, 2.45) is 0 Å². The first-order chi connectivity index (χ1) is 18.0. The molecule has 2 aromatic heterocycles. The van der Waals surface area contributed by atoms with Crippen LogP contribution in [0.5, 0.6) is 0 Å².